The molecule has 13 heavy (non-hydrogen) atoms. The second kappa shape index (κ2) is 3.27. The van der Waals surface area contributed by atoms with Gasteiger partial charge in [-0.05, 0) is 12.8 Å². The van der Waals surface area contributed by atoms with Gasteiger partial charge in [0.2, 0.25) is 5.91 Å². The fraction of sp³-hybridized carbons (Fsp3) is 0.889. The van der Waals surface area contributed by atoms with Crippen LogP contribution >= 0.6 is 0 Å². The van der Waals surface area contributed by atoms with Crippen molar-refractivity contribution in [3.8, 4) is 0 Å². The van der Waals surface area contributed by atoms with Gasteiger partial charge in [-0.25, -0.2) is 0 Å². The maximum absolute atomic E-state index is 10.9. The van der Waals surface area contributed by atoms with Crippen LogP contribution in [0, 0.1) is 5.41 Å². The Morgan fingerprint density at radius 2 is 2.31 bits per heavy atom. The van der Waals surface area contributed by atoms with Gasteiger partial charge in [0.05, 0.1) is 6.10 Å². The summed E-state index contributed by atoms with van der Waals surface area (Å²) in [6, 6.07) is 0. The van der Waals surface area contributed by atoms with Crippen LogP contribution in [0.3, 0.4) is 0 Å². The number of nitrogens with one attached hydrogen (secondary N) is 2. The standard InChI is InChI=1S/C9H16N2O2/c1-10-8(12)4-13-7-2-9(3-7)5-11-6-9/h7,11H,2-6H2,1H3,(H,10,12). The molecule has 4 heteroatoms. The maximum atomic E-state index is 10.9. The SMILES string of the molecule is CNC(=O)COC1CC2(CNC2)C1. The Kier molecular flexibility index (Phi) is 2.26. The maximum Gasteiger partial charge on any atom is 0.245 e. The lowest BCUT2D eigenvalue weighted by Gasteiger charge is -2.53. The van der Waals surface area contributed by atoms with Crippen molar-refractivity contribution in [2.75, 3.05) is 26.7 Å². The van der Waals surface area contributed by atoms with Crippen molar-refractivity contribution in [1.82, 2.24) is 10.6 Å². The highest BCUT2D eigenvalue weighted by molar-refractivity contribution is 5.76. The Bertz CT molecular complexity index is 206. The van der Waals surface area contributed by atoms with Crippen LogP contribution in [-0.2, 0) is 9.53 Å². The summed E-state index contributed by atoms with van der Waals surface area (Å²) < 4.78 is 5.42. The highest BCUT2D eigenvalue weighted by atomic mass is 16.5. The fourth-order valence-corrected chi connectivity index (χ4v) is 2.06. The minimum atomic E-state index is -0.0346. The van der Waals surface area contributed by atoms with Gasteiger partial charge in [0.25, 0.3) is 0 Å². The quantitative estimate of drug-likeness (QED) is 0.622. The van der Waals surface area contributed by atoms with Crippen LogP contribution in [0.2, 0.25) is 0 Å². The molecule has 2 rings (SSSR count). The van der Waals surface area contributed by atoms with Gasteiger partial charge in [-0.15, -0.1) is 0 Å². The third kappa shape index (κ3) is 1.69. The number of ether oxygens (including phenoxy) is 1. The first kappa shape index (κ1) is 8.97. The first-order valence-electron chi connectivity index (χ1n) is 4.77. The number of carbonyl (C=O) groups is 1. The Labute approximate surface area is 78.0 Å². The van der Waals surface area contributed by atoms with Crippen LogP contribution in [0.25, 0.3) is 0 Å². The summed E-state index contributed by atoms with van der Waals surface area (Å²) in [6.07, 6.45) is 2.56. The molecule has 0 atom stereocenters. The second-order valence-corrected chi connectivity index (χ2v) is 4.12. The molecular formula is C9H16N2O2. The molecule has 1 saturated carbocycles. The normalized spacial score (nSPS) is 25.0. The molecule has 0 aromatic rings. The Morgan fingerprint density at radius 1 is 1.62 bits per heavy atom. The molecule has 1 amide bonds. The van der Waals surface area contributed by atoms with Crippen molar-refractivity contribution in [2.45, 2.75) is 18.9 Å². The predicted octanol–water partition coefficient (Wildman–Crippen LogP) is -0.499. The third-order valence-corrected chi connectivity index (χ3v) is 3.05. The number of carbonyl (C=O) groups excluding carboxylic acids is 1. The van der Waals surface area contributed by atoms with E-state index in [0.29, 0.717) is 11.5 Å². The van der Waals surface area contributed by atoms with Crippen molar-refractivity contribution in [1.29, 1.82) is 0 Å². The molecule has 4 nitrogen and oxygen atoms in total. The largest absolute Gasteiger partial charge is 0.368 e. The number of amides is 1. The zero-order chi connectivity index (χ0) is 9.31. The molecule has 1 aliphatic carbocycles. The lowest BCUT2D eigenvalue weighted by Crippen LogP contribution is -2.62. The molecule has 0 aromatic heterocycles. The Hall–Kier alpha value is -0.610. The minimum Gasteiger partial charge on any atom is -0.368 e. The van der Waals surface area contributed by atoms with Gasteiger partial charge < -0.3 is 15.4 Å². The van der Waals surface area contributed by atoms with Crippen molar-refractivity contribution < 1.29 is 9.53 Å². The van der Waals surface area contributed by atoms with Gasteiger partial charge >= 0.3 is 0 Å². The molecule has 1 spiro atoms. The summed E-state index contributed by atoms with van der Waals surface area (Å²) in [5, 5.41) is 5.81. The monoisotopic (exact) mass is 184 g/mol. The van der Waals surface area contributed by atoms with Gasteiger partial charge in [-0.1, -0.05) is 0 Å². The smallest absolute Gasteiger partial charge is 0.245 e. The van der Waals surface area contributed by atoms with Gasteiger partial charge in [-0.2, -0.15) is 0 Å². The highest BCUT2D eigenvalue weighted by Gasteiger charge is 2.48. The molecular weight excluding hydrogens is 168 g/mol. The fourth-order valence-electron chi connectivity index (χ4n) is 2.06. The zero-order valence-corrected chi connectivity index (χ0v) is 7.93. The summed E-state index contributed by atoms with van der Waals surface area (Å²) in [6.45, 7) is 2.48. The average Bonchev–Trinajstić information content (AvgIpc) is 1.98. The van der Waals surface area contributed by atoms with Crippen LogP contribution in [0.5, 0.6) is 0 Å². The molecule has 2 fully saturated rings. The van der Waals surface area contributed by atoms with Gasteiger partial charge in [0.15, 0.2) is 0 Å². The topological polar surface area (TPSA) is 50.4 Å². The summed E-state index contributed by atoms with van der Waals surface area (Å²) >= 11 is 0. The lowest BCUT2D eigenvalue weighted by atomic mass is 9.63. The summed E-state index contributed by atoms with van der Waals surface area (Å²) in [7, 11) is 1.63. The number of hydrogen-bond acceptors (Lipinski definition) is 3. The van der Waals surface area contributed by atoms with Gasteiger partial charge in [-0.3, -0.25) is 4.79 Å². The van der Waals surface area contributed by atoms with Crippen LogP contribution in [0.15, 0.2) is 0 Å². The molecule has 1 aliphatic heterocycles. The predicted molar refractivity (Wildman–Crippen MR) is 48.3 cm³/mol. The van der Waals surface area contributed by atoms with Crippen LogP contribution in [0.1, 0.15) is 12.8 Å². The van der Waals surface area contributed by atoms with Crippen LogP contribution in [0.4, 0.5) is 0 Å². The summed E-state index contributed by atoms with van der Waals surface area (Å²) in [4.78, 5) is 10.9. The van der Waals surface area contributed by atoms with Crippen molar-refractivity contribution in [3.05, 3.63) is 0 Å². The van der Waals surface area contributed by atoms with Crippen molar-refractivity contribution >= 4 is 5.91 Å². The van der Waals surface area contributed by atoms with Crippen LogP contribution < -0.4 is 10.6 Å². The molecule has 1 heterocycles. The minimum absolute atomic E-state index is 0.0346. The van der Waals surface area contributed by atoms with E-state index >= 15 is 0 Å². The van der Waals surface area contributed by atoms with E-state index in [-0.39, 0.29) is 12.5 Å². The van der Waals surface area contributed by atoms with Crippen LogP contribution in [-0.4, -0.2) is 38.8 Å². The van der Waals surface area contributed by atoms with E-state index in [9.17, 15) is 4.79 Å². The molecule has 0 aromatic carbocycles. The molecule has 74 valence electrons. The molecule has 2 N–H and O–H groups in total. The molecule has 0 radical (unpaired) electrons. The van der Waals surface area contributed by atoms with Gasteiger partial charge in [0, 0.05) is 25.6 Å². The Balaban J connectivity index is 1.61. The van der Waals surface area contributed by atoms with E-state index in [0.717, 1.165) is 25.9 Å². The second-order valence-electron chi connectivity index (χ2n) is 4.12. The first-order valence-corrected chi connectivity index (χ1v) is 4.77. The lowest BCUT2D eigenvalue weighted by molar-refractivity contribution is -0.138. The van der Waals surface area contributed by atoms with E-state index in [2.05, 4.69) is 10.6 Å². The van der Waals surface area contributed by atoms with E-state index < -0.39 is 0 Å². The summed E-state index contributed by atoms with van der Waals surface area (Å²) in [5.74, 6) is -0.0346. The average molecular weight is 184 g/mol. The van der Waals surface area contributed by atoms with Crippen molar-refractivity contribution in [3.63, 3.8) is 0 Å². The molecule has 0 bridgehead atoms. The van der Waals surface area contributed by atoms with E-state index in [1.165, 1.54) is 0 Å². The zero-order valence-electron chi connectivity index (χ0n) is 7.93. The highest BCUT2D eigenvalue weighted by Crippen LogP contribution is 2.45. The molecule has 1 saturated heterocycles. The van der Waals surface area contributed by atoms with E-state index in [1.54, 1.807) is 7.05 Å². The summed E-state index contributed by atoms with van der Waals surface area (Å²) in [5.41, 5.74) is 0.535. The Morgan fingerprint density at radius 3 is 2.77 bits per heavy atom. The van der Waals surface area contributed by atoms with E-state index in [4.69, 9.17) is 4.74 Å². The van der Waals surface area contributed by atoms with Crippen molar-refractivity contribution in [2.24, 2.45) is 5.41 Å². The number of rotatable bonds is 3. The number of likely N-dealkylation sites (N-methyl/N-ethyl adjacent to an activating group) is 1. The first-order chi connectivity index (χ1) is 6.24. The third-order valence-electron chi connectivity index (χ3n) is 3.05. The molecule has 0 unspecified atom stereocenters. The van der Waals surface area contributed by atoms with Gasteiger partial charge in [0.1, 0.15) is 6.61 Å². The number of hydrogen-bond donors (Lipinski definition) is 2. The molecule has 2 aliphatic rings. The van der Waals surface area contributed by atoms with E-state index in [1.807, 2.05) is 0 Å².